The van der Waals surface area contributed by atoms with Gasteiger partial charge in [-0.25, -0.2) is 13.6 Å². The zero-order valence-corrected chi connectivity index (χ0v) is 13.6. The highest BCUT2D eigenvalue weighted by Gasteiger charge is 2.14. The predicted octanol–water partition coefficient (Wildman–Crippen LogP) is 3.56. The molecule has 112 valence electrons. The number of sulfonamides is 1. The standard InChI is InChI=1S/C14H14Cl2N2O2S/c1-9-13(6-3-7-14(9)21(17,19)20)18-8-10-11(15)4-2-5-12(10)16/h2-7,18H,8H2,1H3,(H2,17,19,20). The lowest BCUT2D eigenvalue weighted by Crippen LogP contribution is -2.14. The van der Waals surface area contributed by atoms with Crippen molar-refractivity contribution in [2.24, 2.45) is 5.14 Å². The van der Waals surface area contributed by atoms with E-state index in [9.17, 15) is 8.42 Å². The van der Waals surface area contributed by atoms with Gasteiger partial charge in [-0.05, 0) is 36.8 Å². The molecule has 0 atom stereocenters. The lowest BCUT2D eigenvalue weighted by molar-refractivity contribution is 0.597. The van der Waals surface area contributed by atoms with Gasteiger partial charge in [0, 0.05) is 27.8 Å². The molecule has 0 amide bonds. The minimum Gasteiger partial charge on any atom is -0.381 e. The highest BCUT2D eigenvalue weighted by molar-refractivity contribution is 7.89. The third-order valence-corrected chi connectivity index (χ3v) is 4.87. The van der Waals surface area contributed by atoms with Crippen LogP contribution in [0.5, 0.6) is 0 Å². The first-order valence-corrected chi connectivity index (χ1v) is 8.40. The first kappa shape index (κ1) is 16.1. The predicted molar refractivity (Wildman–Crippen MR) is 86.3 cm³/mol. The quantitative estimate of drug-likeness (QED) is 0.890. The minimum atomic E-state index is -3.75. The van der Waals surface area contributed by atoms with E-state index in [-0.39, 0.29) is 4.90 Å². The van der Waals surface area contributed by atoms with Crippen LogP contribution in [-0.2, 0) is 16.6 Å². The largest absolute Gasteiger partial charge is 0.381 e. The Hall–Kier alpha value is -1.27. The van der Waals surface area contributed by atoms with Crippen molar-refractivity contribution in [3.63, 3.8) is 0 Å². The Morgan fingerprint density at radius 1 is 1.10 bits per heavy atom. The second kappa shape index (κ2) is 6.23. The molecule has 0 aliphatic rings. The van der Waals surface area contributed by atoms with Crippen molar-refractivity contribution in [3.8, 4) is 0 Å². The van der Waals surface area contributed by atoms with Crippen LogP contribution in [0, 0.1) is 6.92 Å². The van der Waals surface area contributed by atoms with Gasteiger partial charge in [0.05, 0.1) is 4.90 Å². The summed E-state index contributed by atoms with van der Waals surface area (Å²) < 4.78 is 23.0. The van der Waals surface area contributed by atoms with Crippen LogP contribution in [0.4, 0.5) is 5.69 Å². The fourth-order valence-electron chi connectivity index (χ4n) is 2.00. The number of primary sulfonamides is 1. The van der Waals surface area contributed by atoms with E-state index in [0.717, 1.165) is 5.56 Å². The van der Waals surface area contributed by atoms with E-state index in [0.29, 0.717) is 27.8 Å². The zero-order chi connectivity index (χ0) is 15.6. The third kappa shape index (κ3) is 3.68. The molecule has 0 saturated carbocycles. The smallest absolute Gasteiger partial charge is 0.238 e. The number of rotatable bonds is 4. The van der Waals surface area contributed by atoms with E-state index in [4.69, 9.17) is 28.3 Å². The Labute approximate surface area is 133 Å². The van der Waals surface area contributed by atoms with Gasteiger partial charge in [0.15, 0.2) is 0 Å². The van der Waals surface area contributed by atoms with Crippen molar-refractivity contribution in [2.45, 2.75) is 18.4 Å². The van der Waals surface area contributed by atoms with Gasteiger partial charge in [-0.15, -0.1) is 0 Å². The number of nitrogens with one attached hydrogen (secondary N) is 1. The van der Waals surface area contributed by atoms with Gasteiger partial charge in [-0.3, -0.25) is 0 Å². The third-order valence-electron chi connectivity index (χ3n) is 3.11. The van der Waals surface area contributed by atoms with Crippen LogP contribution >= 0.6 is 23.2 Å². The van der Waals surface area contributed by atoms with Crippen molar-refractivity contribution in [2.75, 3.05) is 5.32 Å². The van der Waals surface area contributed by atoms with Gasteiger partial charge < -0.3 is 5.32 Å². The Bertz CT molecular complexity index is 756. The van der Waals surface area contributed by atoms with Crippen LogP contribution in [0.2, 0.25) is 10.0 Å². The highest BCUT2D eigenvalue weighted by atomic mass is 35.5. The maximum Gasteiger partial charge on any atom is 0.238 e. The van der Waals surface area contributed by atoms with Crippen LogP contribution < -0.4 is 10.5 Å². The molecular weight excluding hydrogens is 331 g/mol. The van der Waals surface area contributed by atoms with E-state index in [1.165, 1.54) is 6.07 Å². The number of halogens is 2. The van der Waals surface area contributed by atoms with Crippen molar-refractivity contribution < 1.29 is 8.42 Å². The van der Waals surface area contributed by atoms with Gasteiger partial charge in [0.1, 0.15) is 0 Å². The fourth-order valence-corrected chi connectivity index (χ4v) is 3.34. The molecule has 0 spiro atoms. The summed E-state index contributed by atoms with van der Waals surface area (Å²) in [5.74, 6) is 0. The van der Waals surface area contributed by atoms with Gasteiger partial charge >= 0.3 is 0 Å². The summed E-state index contributed by atoms with van der Waals surface area (Å²) in [5.41, 5.74) is 1.97. The molecule has 2 aromatic rings. The van der Waals surface area contributed by atoms with Crippen molar-refractivity contribution in [1.82, 2.24) is 0 Å². The van der Waals surface area contributed by atoms with Crippen LogP contribution in [-0.4, -0.2) is 8.42 Å². The molecule has 0 fully saturated rings. The summed E-state index contributed by atoms with van der Waals surface area (Å²) in [6.07, 6.45) is 0. The van der Waals surface area contributed by atoms with Gasteiger partial charge in [0.2, 0.25) is 10.0 Å². The molecule has 2 aromatic carbocycles. The number of hydrogen-bond donors (Lipinski definition) is 2. The molecule has 0 radical (unpaired) electrons. The summed E-state index contributed by atoms with van der Waals surface area (Å²) >= 11 is 12.2. The normalized spacial score (nSPS) is 11.4. The average molecular weight is 345 g/mol. The summed E-state index contributed by atoms with van der Waals surface area (Å²) in [5, 5.41) is 9.42. The Kier molecular flexibility index (Phi) is 4.78. The Morgan fingerprint density at radius 2 is 1.67 bits per heavy atom. The second-order valence-corrected chi connectivity index (χ2v) is 6.87. The summed E-state index contributed by atoms with van der Waals surface area (Å²) in [6, 6.07) is 10.1. The molecule has 21 heavy (non-hydrogen) atoms. The maximum atomic E-state index is 11.5. The van der Waals surface area contributed by atoms with E-state index in [2.05, 4.69) is 5.32 Å². The van der Waals surface area contributed by atoms with Crippen molar-refractivity contribution in [3.05, 3.63) is 57.6 Å². The molecule has 0 saturated heterocycles. The van der Waals surface area contributed by atoms with Crippen LogP contribution in [0.15, 0.2) is 41.3 Å². The van der Waals surface area contributed by atoms with Gasteiger partial charge in [0.25, 0.3) is 0 Å². The summed E-state index contributed by atoms with van der Waals surface area (Å²) in [7, 11) is -3.75. The summed E-state index contributed by atoms with van der Waals surface area (Å²) in [4.78, 5) is 0.0951. The topological polar surface area (TPSA) is 72.2 Å². The Morgan fingerprint density at radius 3 is 2.24 bits per heavy atom. The average Bonchev–Trinajstić information content (AvgIpc) is 2.38. The minimum absolute atomic E-state index is 0.0951. The lowest BCUT2D eigenvalue weighted by Gasteiger charge is -2.13. The van der Waals surface area contributed by atoms with Crippen LogP contribution in [0.3, 0.4) is 0 Å². The van der Waals surface area contributed by atoms with Gasteiger partial charge in [-0.1, -0.05) is 35.3 Å². The molecular formula is C14H14Cl2N2O2S. The van der Waals surface area contributed by atoms with Crippen LogP contribution in [0.1, 0.15) is 11.1 Å². The molecule has 3 N–H and O–H groups in total. The van der Waals surface area contributed by atoms with Crippen molar-refractivity contribution in [1.29, 1.82) is 0 Å². The molecule has 7 heteroatoms. The molecule has 0 aliphatic heterocycles. The molecule has 0 aliphatic carbocycles. The van der Waals surface area contributed by atoms with E-state index < -0.39 is 10.0 Å². The summed E-state index contributed by atoms with van der Waals surface area (Å²) in [6.45, 7) is 2.07. The fraction of sp³-hybridized carbons (Fsp3) is 0.143. The number of nitrogens with two attached hydrogens (primary N) is 1. The maximum absolute atomic E-state index is 11.5. The monoisotopic (exact) mass is 344 g/mol. The zero-order valence-electron chi connectivity index (χ0n) is 11.2. The van der Waals surface area contributed by atoms with Gasteiger partial charge in [-0.2, -0.15) is 0 Å². The van der Waals surface area contributed by atoms with E-state index >= 15 is 0 Å². The molecule has 0 unspecified atom stereocenters. The number of hydrogen-bond acceptors (Lipinski definition) is 3. The molecule has 0 heterocycles. The first-order valence-electron chi connectivity index (χ1n) is 6.10. The molecule has 0 bridgehead atoms. The SMILES string of the molecule is Cc1c(NCc2c(Cl)cccc2Cl)cccc1S(N)(=O)=O. The lowest BCUT2D eigenvalue weighted by atomic mass is 10.1. The highest BCUT2D eigenvalue weighted by Crippen LogP contribution is 2.27. The first-order chi connectivity index (χ1) is 9.80. The van der Waals surface area contributed by atoms with E-state index in [1.54, 1.807) is 37.3 Å². The van der Waals surface area contributed by atoms with Crippen molar-refractivity contribution >= 4 is 38.9 Å². The number of anilines is 1. The second-order valence-electron chi connectivity index (χ2n) is 4.53. The molecule has 2 rings (SSSR count). The molecule has 4 nitrogen and oxygen atoms in total. The van der Waals surface area contributed by atoms with Crippen LogP contribution in [0.25, 0.3) is 0 Å². The number of benzene rings is 2. The molecule has 0 aromatic heterocycles. The Balaban J connectivity index is 2.30. The van der Waals surface area contributed by atoms with E-state index in [1.807, 2.05) is 0 Å².